The maximum absolute atomic E-state index is 10.8. The van der Waals surface area contributed by atoms with Gasteiger partial charge in [-0.15, -0.1) is 0 Å². The monoisotopic (exact) mass is 425 g/mol. The van der Waals surface area contributed by atoms with Crippen LogP contribution in [0.1, 0.15) is 5.76 Å². The molecule has 0 fully saturated rings. The summed E-state index contributed by atoms with van der Waals surface area (Å²) < 4.78 is 7.51. The summed E-state index contributed by atoms with van der Waals surface area (Å²) in [5.74, 6) is 1.51. The van der Waals surface area contributed by atoms with Gasteiger partial charge in [-0.05, 0) is 48.6 Å². The smallest absolute Gasteiger partial charge is 0.269 e. The van der Waals surface area contributed by atoms with Crippen LogP contribution in [0.15, 0.2) is 70.2 Å². The Hall–Kier alpha value is -3.56. The van der Waals surface area contributed by atoms with Crippen LogP contribution in [-0.4, -0.2) is 26.0 Å². The SMILES string of the molecule is O=[N+]([O-])c1ccc(-c2ccc(C=Nn3c(-c4ccccc4Cl)n[nH]c3=S)o2)cc1. The van der Waals surface area contributed by atoms with Crippen LogP contribution in [0.25, 0.3) is 22.7 Å². The van der Waals surface area contributed by atoms with E-state index in [4.69, 9.17) is 28.2 Å². The van der Waals surface area contributed by atoms with Crippen molar-refractivity contribution in [1.82, 2.24) is 14.9 Å². The molecule has 0 amide bonds. The Morgan fingerprint density at radius 3 is 2.66 bits per heavy atom. The zero-order valence-corrected chi connectivity index (χ0v) is 16.2. The van der Waals surface area contributed by atoms with E-state index in [9.17, 15) is 10.1 Å². The number of rotatable bonds is 5. The van der Waals surface area contributed by atoms with Crippen molar-refractivity contribution in [2.45, 2.75) is 0 Å². The Kier molecular flexibility index (Phi) is 5.07. The first-order chi connectivity index (χ1) is 14.0. The number of nitro benzene ring substituents is 1. The van der Waals surface area contributed by atoms with Gasteiger partial charge in [0.05, 0.1) is 16.2 Å². The number of benzene rings is 2. The van der Waals surface area contributed by atoms with Crippen molar-refractivity contribution in [2.75, 3.05) is 0 Å². The van der Waals surface area contributed by atoms with Crippen LogP contribution in [0.3, 0.4) is 0 Å². The van der Waals surface area contributed by atoms with Crippen molar-refractivity contribution >= 4 is 35.7 Å². The van der Waals surface area contributed by atoms with Crippen molar-refractivity contribution in [3.8, 4) is 22.7 Å². The molecule has 0 aliphatic heterocycles. The van der Waals surface area contributed by atoms with Crippen molar-refractivity contribution in [3.63, 3.8) is 0 Å². The maximum atomic E-state index is 10.8. The molecule has 29 heavy (non-hydrogen) atoms. The van der Waals surface area contributed by atoms with Crippen molar-refractivity contribution in [2.24, 2.45) is 5.10 Å². The third kappa shape index (κ3) is 3.86. The van der Waals surface area contributed by atoms with E-state index >= 15 is 0 Å². The van der Waals surface area contributed by atoms with E-state index in [-0.39, 0.29) is 5.69 Å². The van der Waals surface area contributed by atoms with Crippen LogP contribution < -0.4 is 0 Å². The lowest BCUT2D eigenvalue weighted by atomic mass is 10.1. The van der Waals surface area contributed by atoms with E-state index in [0.29, 0.717) is 38.3 Å². The highest BCUT2D eigenvalue weighted by atomic mass is 35.5. The zero-order chi connectivity index (χ0) is 20.4. The molecule has 0 radical (unpaired) electrons. The predicted molar refractivity (Wildman–Crippen MR) is 112 cm³/mol. The van der Waals surface area contributed by atoms with E-state index < -0.39 is 4.92 Å². The molecule has 0 unspecified atom stereocenters. The van der Waals surface area contributed by atoms with Crippen molar-refractivity contribution in [1.29, 1.82) is 0 Å². The number of hydrogen-bond donors (Lipinski definition) is 1. The fourth-order valence-electron chi connectivity index (χ4n) is 2.66. The number of furan rings is 1. The number of halogens is 1. The first-order valence-corrected chi connectivity index (χ1v) is 9.13. The van der Waals surface area contributed by atoms with Gasteiger partial charge in [0.15, 0.2) is 5.82 Å². The quantitative estimate of drug-likeness (QED) is 0.202. The summed E-state index contributed by atoms with van der Waals surface area (Å²) in [5.41, 5.74) is 1.42. The minimum atomic E-state index is -0.449. The van der Waals surface area contributed by atoms with Crippen LogP contribution in [0.5, 0.6) is 0 Å². The molecule has 4 rings (SSSR count). The summed E-state index contributed by atoms with van der Waals surface area (Å²) >= 11 is 11.5. The maximum Gasteiger partial charge on any atom is 0.269 e. The second-order valence-electron chi connectivity index (χ2n) is 5.89. The number of nitrogens with zero attached hydrogens (tertiary/aromatic N) is 4. The van der Waals surface area contributed by atoms with Crippen LogP contribution in [0.4, 0.5) is 5.69 Å². The van der Waals surface area contributed by atoms with Gasteiger partial charge in [0.1, 0.15) is 11.5 Å². The average molecular weight is 426 g/mol. The highest BCUT2D eigenvalue weighted by Crippen LogP contribution is 2.26. The molecular weight excluding hydrogens is 414 g/mol. The first-order valence-electron chi connectivity index (χ1n) is 8.34. The molecule has 1 N–H and O–H groups in total. The van der Waals surface area contributed by atoms with Gasteiger partial charge in [0.2, 0.25) is 4.77 Å². The lowest BCUT2D eigenvalue weighted by Gasteiger charge is -2.02. The van der Waals surface area contributed by atoms with E-state index in [1.807, 2.05) is 18.2 Å². The van der Waals surface area contributed by atoms with Crippen LogP contribution in [-0.2, 0) is 0 Å². The Labute approximate surface area is 174 Å². The minimum absolute atomic E-state index is 0.0172. The number of aromatic nitrogens is 3. The molecular formula is C19H12ClN5O3S. The number of nitrogens with one attached hydrogen (secondary N) is 1. The molecule has 2 aromatic carbocycles. The fraction of sp³-hybridized carbons (Fsp3) is 0. The summed E-state index contributed by atoms with van der Waals surface area (Å²) in [6.07, 6.45) is 1.50. The Morgan fingerprint density at radius 1 is 1.17 bits per heavy atom. The predicted octanol–water partition coefficient (Wildman–Crippen LogP) is 5.31. The molecule has 4 aromatic rings. The minimum Gasteiger partial charge on any atom is -0.455 e. The topological polar surface area (TPSA) is 102 Å². The molecule has 144 valence electrons. The highest BCUT2D eigenvalue weighted by molar-refractivity contribution is 7.71. The van der Waals surface area contributed by atoms with Gasteiger partial charge in [0, 0.05) is 23.3 Å². The Morgan fingerprint density at radius 2 is 1.93 bits per heavy atom. The summed E-state index contributed by atoms with van der Waals surface area (Å²) in [6.45, 7) is 0. The average Bonchev–Trinajstić information content (AvgIpc) is 3.34. The van der Waals surface area contributed by atoms with E-state index in [0.717, 1.165) is 0 Å². The molecule has 0 atom stereocenters. The summed E-state index contributed by atoms with van der Waals surface area (Å²) in [7, 11) is 0. The second-order valence-corrected chi connectivity index (χ2v) is 6.69. The molecule has 0 saturated carbocycles. The fourth-order valence-corrected chi connectivity index (χ4v) is 3.05. The summed E-state index contributed by atoms with van der Waals surface area (Å²) in [4.78, 5) is 10.3. The number of H-pyrrole nitrogens is 1. The van der Waals surface area contributed by atoms with Gasteiger partial charge in [-0.1, -0.05) is 23.7 Å². The van der Waals surface area contributed by atoms with Gasteiger partial charge in [-0.2, -0.15) is 14.9 Å². The largest absolute Gasteiger partial charge is 0.455 e. The molecule has 2 heterocycles. The summed E-state index contributed by atoms with van der Waals surface area (Å²) in [5, 5.41) is 22.5. The normalized spacial score (nSPS) is 11.2. The number of nitro groups is 1. The number of hydrogen-bond acceptors (Lipinski definition) is 6. The van der Waals surface area contributed by atoms with E-state index in [1.54, 1.807) is 30.3 Å². The van der Waals surface area contributed by atoms with Crippen LogP contribution >= 0.6 is 23.8 Å². The number of non-ortho nitro benzene ring substituents is 1. The third-order valence-electron chi connectivity index (χ3n) is 4.06. The van der Waals surface area contributed by atoms with Gasteiger partial charge < -0.3 is 4.42 Å². The molecule has 0 spiro atoms. The van der Waals surface area contributed by atoms with Crippen molar-refractivity contribution < 1.29 is 9.34 Å². The zero-order valence-electron chi connectivity index (χ0n) is 14.7. The summed E-state index contributed by atoms with van der Waals surface area (Å²) in [6, 6.07) is 16.8. The highest BCUT2D eigenvalue weighted by Gasteiger charge is 2.12. The lowest BCUT2D eigenvalue weighted by molar-refractivity contribution is -0.384. The Bertz CT molecular complexity index is 1270. The molecule has 8 nitrogen and oxygen atoms in total. The van der Waals surface area contributed by atoms with Crippen LogP contribution in [0, 0.1) is 14.9 Å². The van der Waals surface area contributed by atoms with Crippen LogP contribution in [0.2, 0.25) is 5.02 Å². The van der Waals surface area contributed by atoms with Crippen molar-refractivity contribution in [3.05, 3.63) is 86.3 Å². The van der Waals surface area contributed by atoms with Gasteiger partial charge in [0.25, 0.3) is 5.69 Å². The van der Waals surface area contributed by atoms with E-state index in [2.05, 4.69) is 15.3 Å². The Balaban J connectivity index is 1.62. The first kappa shape index (κ1) is 18.8. The second kappa shape index (κ2) is 7.82. The van der Waals surface area contributed by atoms with Gasteiger partial charge >= 0.3 is 0 Å². The molecule has 0 bridgehead atoms. The molecule has 0 aliphatic carbocycles. The van der Waals surface area contributed by atoms with E-state index in [1.165, 1.54) is 23.0 Å². The standard InChI is InChI=1S/C19H12ClN5O3S/c20-16-4-2-1-3-15(16)18-22-23-19(29)24(18)21-11-14-9-10-17(28-14)12-5-7-13(8-6-12)25(26)27/h1-11H,(H,23,29). The van der Waals surface area contributed by atoms with Gasteiger partial charge in [-0.25, -0.2) is 5.10 Å². The molecule has 2 aromatic heterocycles. The lowest BCUT2D eigenvalue weighted by Crippen LogP contribution is -1.95. The molecule has 0 saturated heterocycles. The molecule has 10 heteroatoms. The molecule has 0 aliphatic rings. The van der Waals surface area contributed by atoms with Gasteiger partial charge in [-0.3, -0.25) is 10.1 Å². The number of aromatic amines is 1. The third-order valence-corrected chi connectivity index (χ3v) is 4.65.